The summed E-state index contributed by atoms with van der Waals surface area (Å²) < 4.78 is 1.04. The Balaban J connectivity index is 1.84. The van der Waals surface area contributed by atoms with Crippen molar-refractivity contribution in [3.8, 4) is 0 Å². The zero-order valence-electron chi connectivity index (χ0n) is 13.6. The number of hydrogen-bond donors (Lipinski definition) is 0. The van der Waals surface area contributed by atoms with Gasteiger partial charge < -0.3 is 0 Å². The van der Waals surface area contributed by atoms with Crippen LogP contribution in [0.25, 0.3) is 12.2 Å². The number of fused-ring (bicyclic) bond motifs is 2. The van der Waals surface area contributed by atoms with E-state index >= 15 is 0 Å². The molecule has 0 N–H and O–H groups in total. The Hall–Kier alpha value is -0.690. The summed E-state index contributed by atoms with van der Waals surface area (Å²) in [6.07, 6.45) is 9.47. The Kier molecular flexibility index (Phi) is 4.12. The third-order valence-electron chi connectivity index (χ3n) is 5.80. The van der Waals surface area contributed by atoms with Gasteiger partial charge in [0.05, 0.1) is 0 Å². The third-order valence-corrected chi connectivity index (χ3v) is 48.2. The summed E-state index contributed by atoms with van der Waals surface area (Å²) in [5.74, 6) is -0.941. The normalized spacial score (nSPS) is 22.4. The summed E-state index contributed by atoms with van der Waals surface area (Å²) in [5, 5.41) is 0. The van der Waals surface area contributed by atoms with E-state index in [1.807, 2.05) is 0 Å². The molecule has 0 aromatic heterocycles. The van der Waals surface area contributed by atoms with Gasteiger partial charge >= 0.3 is 148 Å². The first-order valence-corrected chi connectivity index (χ1v) is 23.3. The molecule has 2 unspecified atom stereocenters. The van der Waals surface area contributed by atoms with Crippen molar-refractivity contribution in [1.29, 1.82) is 0 Å². The topological polar surface area (TPSA) is 0 Å². The summed E-state index contributed by atoms with van der Waals surface area (Å²) in [7, 11) is 7.72. The molecule has 0 amide bonds. The predicted octanol–water partition coefficient (Wildman–Crippen LogP) is 5.55. The molecule has 2 atom stereocenters. The molecule has 2 aliphatic carbocycles. The van der Waals surface area contributed by atoms with Crippen molar-refractivity contribution in [3.05, 3.63) is 82.9 Å². The van der Waals surface area contributed by atoms with Crippen molar-refractivity contribution in [1.82, 2.24) is 0 Å². The second-order valence-electron chi connectivity index (χ2n) is 7.23. The van der Waals surface area contributed by atoms with Crippen LogP contribution in [0.5, 0.6) is 0 Å². The average Bonchev–Trinajstić information content (AvgIpc) is 3.18. The first-order valence-electron chi connectivity index (χ1n) is 8.52. The maximum atomic E-state index is 7.72. The first-order chi connectivity index (χ1) is 11.1. The van der Waals surface area contributed by atoms with Crippen molar-refractivity contribution < 1.29 is 18.2 Å². The van der Waals surface area contributed by atoms with Gasteiger partial charge in [0.2, 0.25) is 0 Å². The van der Waals surface area contributed by atoms with Gasteiger partial charge in [-0.25, -0.2) is 0 Å². The molecule has 0 bridgehead atoms. The van der Waals surface area contributed by atoms with Crippen molar-refractivity contribution in [2.75, 3.05) is 0 Å². The molecule has 0 saturated carbocycles. The van der Waals surface area contributed by atoms with Crippen LogP contribution in [0.1, 0.15) is 29.5 Å². The molecule has 0 radical (unpaired) electrons. The van der Waals surface area contributed by atoms with Gasteiger partial charge in [-0.1, -0.05) is 0 Å². The summed E-state index contributed by atoms with van der Waals surface area (Å²) >= 11 is -3.08. The van der Waals surface area contributed by atoms with E-state index in [0.29, 0.717) is 7.25 Å². The van der Waals surface area contributed by atoms with Crippen LogP contribution in [0.4, 0.5) is 0 Å². The molecular weight excluding hydrogens is 395 g/mol. The number of benzene rings is 2. The standard InChI is InChI=1S/2C9H7.C2H7Si.ClH.Zr.H/c2*1-2-5-9-7-3-6-8(9)4-1;1-3-2;;;/h2*1-7H;3H,1-2H3;1H;;/q;;;;+1;/p-1. The molecule has 2 aliphatic rings. The summed E-state index contributed by atoms with van der Waals surface area (Å²) in [6.45, 7) is 4.97. The van der Waals surface area contributed by atoms with E-state index in [2.05, 4.69) is 85.9 Å². The predicted molar refractivity (Wildman–Crippen MR) is 103 cm³/mol. The molecule has 3 heteroatoms. The second kappa shape index (κ2) is 5.99. The van der Waals surface area contributed by atoms with Gasteiger partial charge in [0.1, 0.15) is 0 Å². The molecule has 0 heterocycles. The second-order valence-corrected chi connectivity index (χ2v) is 41.3. The van der Waals surface area contributed by atoms with E-state index in [4.69, 9.17) is 8.51 Å². The fourth-order valence-corrected chi connectivity index (χ4v) is 32.5. The Bertz CT molecular complexity index is 747. The van der Waals surface area contributed by atoms with Crippen LogP contribution in [0, 0.1) is 0 Å². The Morgan fingerprint density at radius 2 is 1.22 bits per heavy atom. The van der Waals surface area contributed by atoms with Gasteiger partial charge in [-0.05, 0) is 0 Å². The van der Waals surface area contributed by atoms with E-state index in [1.54, 1.807) is 0 Å². The van der Waals surface area contributed by atoms with Gasteiger partial charge in [0.25, 0.3) is 0 Å². The SMILES string of the molecule is C[SiH](C)[ZrH]([Cl])([CH]1C=Cc2ccccc21)[CH]1C=Cc2ccccc21. The summed E-state index contributed by atoms with van der Waals surface area (Å²) in [5.41, 5.74) is 5.74. The summed E-state index contributed by atoms with van der Waals surface area (Å²) in [6, 6.07) is 17.7. The van der Waals surface area contributed by atoms with Gasteiger partial charge in [0.15, 0.2) is 0 Å². The van der Waals surface area contributed by atoms with Gasteiger partial charge in [-0.2, -0.15) is 0 Å². The van der Waals surface area contributed by atoms with Crippen molar-refractivity contribution in [3.63, 3.8) is 0 Å². The van der Waals surface area contributed by atoms with Crippen LogP contribution in [0.15, 0.2) is 60.7 Å². The van der Waals surface area contributed by atoms with Crippen LogP contribution in [0.2, 0.25) is 13.1 Å². The quantitative estimate of drug-likeness (QED) is 0.575. The Morgan fingerprint density at radius 3 is 1.65 bits per heavy atom. The fraction of sp³-hybridized carbons (Fsp3) is 0.200. The Labute approximate surface area is 147 Å². The monoisotopic (exact) mass is 415 g/mol. The zero-order valence-corrected chi connectivity index (χ0v) is 18.4. The van der Waals surface area contributed by atoms with E-state index in [1.165, 1.54) is 22.3 Å². The van der Waals surface area contributed by atoms with Crippen LogP contribution in [0.3, 0.4) is 0 Å². The molecule has 23 heavy (non-hydrogen) atoms. The number of hydrogen-bond acceptors (Lipinski definition) is 0. The molecule has 0 saturated heterocycles. The molecule has 0 fully saturated rings. The first kappa shape index (κ1) is 15.8. The summed E-state index contributed by atoms with van der Waals surface area (Å²) in [4.78, 5) is 0. The minimum atomic E-state index is -3.08. The molecule has 117 valence electrons. The van der Waals surface area contributed by atoms with Crippen LogP contribution < -0.4 is 0 Å². The van der Waals surface area contributed by atoms with Gasteiger partial charge in [-0.15, -0.1) is 0 Å². The van der Waals surface area contributed by atoms with Gasteiger partial charge in [0, 0.05) is 0 Å². The Morgan fingerprint density at radius 1 is 0.783 bits per heavy atom. The molecule has 2 aromatic carbocycles. The number of allylic oxidation sites excluding steroid dienone is 2. The van der Waals surface area contributed by atoms with E-state index in [0.717, 1.165) is 0 Å². The van der Waals surface area contributed by atoms with Crippen molar-refractivity contribution in [2.45, 2.75) is 20.3 Å². The van der Waals surface area contributed by atoms with Crippen LogP contribution in [-0.4, -0.2) is 5.92 Å². The maximum absolute atomic E-state index is 7.72. The van der Waals surface area contributed by atoms with Crippen molar-refractivity contribution in [2.24, 2.45) is 0 Å². The number of halogens is 1. The third kappa shape index (κ3) is 2.42. The average molecular weight is 417 g/mol. The molecule has 4 rings (SSSR count). The number of rotatable bonds is 3. The van der Waals surface area contributed by atoms with Crippen molar-refractivity contribution >= 4 is 26.6 Å². The van der Waals surface area contributed by atoms with Crippen LogP contribution >= 0.6 is 8.51 Å². The zero-order chi connectivity index (χ0) is 16.0. The molecule has 2 aromatic rings. The van der Waals surface area contributed by atoms with Crippen LogP contribution in [-0.2, 0) is 18.2 Å². The van der Waals surface area contributed by atoms with E-state index in [9.17, 15) is 0 Å². The van der Waals surface area contributed by atoms with E-state index < -0.39 is 24.2 Å². The van der Waals surface area contributed by atoms with E-state index in [-0.39, 0.29) is 0 Å². The molecular formula is C20H22ClSiZr. The minimum absolute atomic E-state index is 0.519. The fourth-order valence-electron chi connectivity index (χ4n) is 4.50. The molecule has 0 spiro atoms. The van der Waals surface area contributed by atoms with Gasteiger partial charge in [-0.3, -0.25) is 0 Å². The molecule has 0 nitrogen and oxygen atoms in total. The molecule has 0 aliphatic heterocycles.